The monoisotopic (exact) mass is 489 g/mol. The average Bonchev–Trinajstić information content (AvgIpc) is 3.31. The van der Waals surface area contributed by atoms with E-state index < -0.39 is 16.9 Å². The van der Waals surface area contributed by atoms with E-state index in [1.54, 1.807) is 36.4 Å². The van der Waals surface area contributed by atoms with E-state index >= 15 is 0 Å². The molecule has 3 aromatic rings. The summed E-state index contributed by atoms with van der Waals surface area (Å²) in [6.07, 6.45) is 0. The number of halogens is 1. The highest BCUT2D eigenvalue weighted by Crippen LogP contribution is 2.26. The van der Waals surface area contributed by atoms with Crippen molar-refractivity contribution in [1.82, 2.24) is 5.32 Å². The summed E-state index contributed by atoms with van der Waals surface area (Å²) in [4.78, 5) is 34.2. The second-order valence-electron chi connectivity index (χ2n) is 6.96. The Bertz CT molecular complexity index is 1110. The molecule has 3 rings (SSSR count). The van der Waals surface area contributed by atoms with Crippen molar-refractivity contribution < 1.29 is 28.4 Å². The van der Waals surface area contributed by atoms with Crippen molar-refractivity contribution in [3.05, 3.63) is 81.6 Å². The van der Waals surface area contributed by atoms with Crippen LogP contribution in [0.15, 0.2) is 59.0 Å². The van der Waals surface area contributed by atoms with Crippen molar-refractivity contribution in [3.63, 3.8) is 0 Å². The van der Waals surface area contributed by atoms with Crippen molar-refractivity contribution in [2.45, 2.75) is 6.54 Å². The maximum atomic E-state index is 12.0. The maximum Gasteiger partial charge on any atom is 0.337 e. The highest BCUT2D eigenvalue weighted by atomic mass is 35.5. The van der Waals surface area contributed by atoms with Gasteiger partial charge >= 0.3 is 11.9 Å². The number of hydrogen-bond donors (Lipinski definition) is 2. The van der Waals surface area contributed by atoms with Crippen LogP contribution >= 0.6 is 12.4 Å². The van der Waals surface area contributed by atoms with Gasteiger partial charge in [0.15, 0.2) is 0 Å². The summed E-state index contributed by atoms with van der Waals surface area (Å²) in [6.45, 7) is 1.69. The van der Waals surface area contributed by atoms with E-state index in [1.165, 1.54) is 32.4 Å². The molecule has 0 aliphatic carbocycles. The largest absolute Gasteiger partial charge is 0.465 e. The van der Waals surface area contributed by atoms with E-state index in [0.717, 1.165) is 5.69 Å². The highest BCUT2D eigenvalue weighted by molar-refractivity contribution is 5.97. The van der Waals surface area contributed by atoms with Crippen LogP contribution in [0.5, 0.6) is 0 Å². The molecule has 0 saturated heterocycles. The lowest BCUT2D eigenvalue weighted by Crippen LogP contribution is -2.21. The lowest BCUT2D eigenvalue weighted by Gasteiger charge is -2.07. The molecule has 2 aromatic carbocycles. The lowest BCUT2D eigenvalue weighted by molar-refractivity contribution is -0.384. The molecule has 1 heterocycles. The number of benzene rings is 2. The van der Waals surface area contributed by atoms with E-state index in [9.17, 15) is 19.7 Å². The second-order valence-corrected chi connectivity index (χ2v) is 6.96. The summed E-state index contributed by atoms with van der Waals surface area (Å²) in [5.74, 6) is 0.0158. The van der Waals surface area contributed by atoms with Crippen LogP contribution in [0.1, 0.15) is 26.5 Å². The molecular weight excluding hydrogens is 466 g/mol. The predicted molar refractivity (Wildman–Crippen MR) is 127 cm³/mol. The van der Waals surface area contributed by atoms with Gasteiger partial charge in [0.05, 0.1) is 36.8 Å². The Labute approximate surface area is 201 Å². The minimum absolute atomic E-state index is 0. The second kappa shape index (κ2) is 12.4. The first-order chi connectivity index (χ1) is 15.9. The molecule has 34 heavy (non-hydrogen) atoms. The van der Waals surface area contributed by atoms with Gasteiger partial charge < -0.3 is 24.5 Å². The number of carbonyl (C=O) groups excluding carboxylic acids is 2. The van der Waals surface area contributed by atoms with Gasteiger partial charge in [0.2, 0.25) is 0 Å². The van der Waals surface area contributed by atoms with Gasteiger partial charge in [-0.2, -0.15) is 0 Å². The number of ether oxygens (including phenoxy) is 2. The molecule has 0 unspecified atom stereocenters. The number of nitro groups is 1. The molecule has 0 aliphatic rings. The molecule has 180 valence electrons. The summed E-state index contributed by atoms with van der Waals surface area (Å²) < 4.78 is 15.4. The minimum Gasteiger partial charge on any atom is -0.465 e. The number of anilines is 1. The van der Waals surface area contributed by atoms with E-state index in [1.807, 2.05) is 0 Å². The molecule has 0 spiro atoms. The Balaban J connectivity index is 0.00000408. The first kappa shape index (κ1) is 26.4. The number of nitrogens with zero attached hydrogens (tertiary/aromatic N) is 1. The molecule has 0 saturated carbocycles. The van der Waals surface area contributed by atoms with Crippen LogP contribution in [0.4, 0.5) is 11.4 Å². The van der Waals surface area contributed by atoms with Crippen molar-refractivity contribution >= 4 is 35.7 Å². The Kier molecular flexibility index (Phi) is 9.60. The summed E-state index contributed by atoms with van der Waals surface area (Å²) in [7, 11) is 2.53. The molecule has 0 atom stereocenters. The fourth-order valence-electron chi connectivity index (χ4n) is 3.08. The topological polar surface area (TPSA) is 133 Å². The number of hydrogen-bond acceptors (Lipinski definition) is 9. The molecule has 0 fully saturated rings. The van der Waals surface area contributed by atoms with Crippen LogP contribution in [-0.4, -0.2) is 44.2 Å². The fourth-order valence-corrected chi connectivity index (χ4v) is 3.08. The van der Waals surface area contributed by atoms with Crippen LogP contribution < -0.4 is 10.6 Å². The summed E-state index contributed by atoms with van der Waals surface area (Å²) in [6, 6.07) is 14.3. The zero-order chi connectivity index (χ0) is 23.8. The molecule has 0 amide bonds. The number of furan rings is 1. The molecule has 10 nitrogen and oxygen atoms in total. The highest BCUT2D eigenvalue weighted by Gasteiger charge is 2.16. The number of methoxy groups -OCH3 is 2. The number of carbonyl (C=O) groups is 2. The van der Waals surface area contributed by atoms with Crippen molar-refractivity contribution in [2.75, 3.05) is 32.6 Å². The lowest BCUT2D eigenvalue weighted by atomic mass is 10.0. The van der Waals surface area contributed by atoms with Crippen LogP contribution in [0.25, 0.3) is 11.3 Å². The molecule has 0 radical (unpaired) electrons. The first-order valence-electron chi connectivity index (χ1n) is 10.0. The Morgan fingerprint density at radius 3 is 2.12 bits per heavy atom. The van der Waals surface area contributed by atoms with Gasteiger partial charge in [-0.25, -0.2) is 9.59 Å². The first-order valence-corrected chi connectivity index (χ1v) is 10.0. The van der Waals surface area contributed by atoms with Gasteiger partial charge in [0.25, 0.3) is 5.69 Å². The van der Waals surface area contributed by atoms with Crippen molar-refractivity contribution in [3.8, 4) is 11.3 Å². The maximum absolute atomic E-state index is 12.0. The number of nitrogens with one attached hydrogen (secondary N) is 2. The quantitative estimate of drug-likeness (QED) is 0.187. The van der Waals surface area contributed by atoms with E-state index in [-0.39, 0.29) is 29.2 Å². The molecule has 0 aliphatic heterocycles. The van der Waals surface area contributed by atoms with Crippen molar-refractivity contribution in [1.29, 1.82) is 0 Å². The van der Waals surface area contributed by atoms with Gasteiger partial charge in [-0.3, -0.25) is 10.1 Å². The van der Waals surface area contributed by atoms with Gasteiger partial charge in [0.1, 0.15) is 11.5 Å². The number of rotatable bonds is 10. The van der Waals surface area contributed by atoms with Gasteiger partial charge in [0, 0.05) is 36.5 Å². The number of nitro benzene ring substituents is 1. The Hall–Kier alpha value is -3.89. The molecule has 2 N–H and O–H groups in total. The summed E-state index contributed by atoms with van der Waals surface area (Å²) in [5, 5.41) is 17.1. The predicted octanol–water partition coefficient (Wildman–Crippen LogP) is 4.05. The Morgan fingerprint density at radius 1 is 0.941 bits per heavy atom. The normalized spacial score (nSPS) is 10.2. The van der Waals surface area contributed by atoms with E-state index in [4.69, 9.17) is 13.9 Å². The SMILES string of the molecule is COC(=O)c1cc(C(=O)OC)cc(-c2ccc(CNCCNc3ccc([N+](=O)[O-])cc3)o2)c1.Cl. The van der Waals surface area contributed by atoms with Crippen LogP contribution in [0.3, 0.4) is 0 Å². The van der Waals surface area contributed by atoms with Gasteiger partial charge in [-0.1, -0.05) is 0 Å². The number of esters is 2. The van der Waals surface area contributed by atoms with Gasteiger partial charge in [-0.15, -0.1) is 12.4 Å². The molecular formula is C23H24ClN3O7. The minimum atomic E-state index is -0.573. The number of non-ortho nitro benzene ring substituents is 1. The standard InChI is InChI=1S/C23H23N3O7.ClH/c1-31-22(27)16-11-15(12-17(13-16)23(28)32-2)21-8-7-20(33-21)14-24-9-10-25-18-3-5-19(6-4-18)26(29)30;/h3-8,11-13,24-25H,9-10,14H2,1-2H3;1H. The summed E-state index contributed by atoms with van der Waals surface area (Å²) >= 11 is 0. The zero-order valence-corrected chi connectivity index (χ0v) is 19.3. The molecule has 0 bridgehead atoms. The van der Waals surface area contributed by atoms with Crippen LogP contribution in [0.2, 0.25) is 0 Å². The van der Waals surface area contributed by atoms with Crippen LogP contribution in [-0.2, 0) is 16.0 Å². The van der Waals surface area contributed by atoms with E-state index in [0.29, 0.717) is 36.7 Å². The van der Waals surface area contributed by atoms with E-state index in [2.05, 4.69) is 10.6 Å². The molecule has 1 aromatic heterocycles. The Morgan fingerprint density at radius 2 is 1.56 bits per heavy atom. The van der Waals surface area contributed by atoms with Crippen LogP contribution in [0, 0.1) is 10.1 Å². The molecule has 11 heteroatoms. The zero-order valence-electron chi connectivity index (χ0n) is 18.5. The average molecular weight is 490 g/mol. The van der Waals surface area contributed by atoms with Gasteiger partial charge in [-0.05, 0) is 42.5 Å². The third kappa shape index (κ3) is 6.80. The third-order valence-electron chi connectivity index (χ3n) is 4.73. The third-order valence-corrected chi connectivity index (χ3v) is 4.73. The van der Waals surface area contributed by atoms with Crippen molar-refractivity contribution in [2.24, 2.45) is 0 Å². The fraction of sp³-hybridized carbons (Fsp3) is 0.217. The smallest absolute Gasteiger partial charge is 0.337 e. The summed E-state index contributed by atoms with van der Waals surface area (Å²) in [5.41, 5.74) is 1.80.